The minimum absolute atomic E-state index is 0.0698. The fraction of sp³-hybridized carbons (Fsp3) is 0.763. The highest BCUT2D eigenvalue weighted by atomic mass is 16.6. The Hall–Kier alpha value is -2.66. The molecule has 0 heterocycles. The zero-order valence-electron chi connectivity index (χ0n) is 42.3. The first-order chi connectivity index (χ1) is 31.6. The summed E-state index contributed by atoms with van der Waals surface area (Å²) in [6, 6.07) is 0. The Balaban J connectivity index is 3.48. The molecule has 0 amide bonds. The number of carbonyl (C=O) groups is 2. The molecule has 1 atom stereocenters. The van der Waals surface area contributed by atoms with Crippen molar-refractivity contribution in [1.29, 1.82) is 0 Å². The smallest absolute Gasteiger partial charge is 0.306 e. The molecular formula is C59H104O5. The molecule has 0 aromatic heterocycles. The van der Waals surface area contributed by atoms with E-state index in [4.69, 9.17) is 9.47 Å². The average molecular weight is 893 g/mol. The van der Waals surface area contributed by atoms with E-state index in [9.17, 15) is 14.7 Å². The SMILES string of the molecule is CC/C=C\C/C=C\C/C=C\C/C=C\CCCCCCCCCCC(=O)OC(CO)COC(=O)CCCCCCCCCCCCCCCCCCC/C=C\C/C=C\CCCCCCC. The maximum absolute atomic E-state index is 12.3. The molecule has 1 unspecified atom stereocenters. The van der Waals surface area contributed by atoms with Crippen molar-refractivity contribution in [3.05, 3.63) is 72.9 Å². The zero-order chi connectivity index (χ0) is 46.3. The Labute approximate surface area is 397 Å². The number of ether oxygens (including phenoxy) is 2. The van der Waals surface area contributed by atoms with Crippen LogP contribution in [-0.4, -0.2) is 36.4 Å². The van der Waals surface area contributed by atoms with Gasteiger partial charge < -0.3 is 14.6 Å². The molecule has 0 bridgehead atoms. The van der Waals surface area contributed by atoms with Crippen molar-refractivity contribution in [2.75, 3.05) is 13.2 Å². The van der Waals surface area contributed by atoms with Gasteiger partial charge in [-0.3, -0.25) is 9.59 Å². The van der Waals surface area contributed by atoms with Crippen molar-refractivity contribution in [3.8, 4) is 0 Å². The monoisotopic (exact) mass is 893 g/mol. The summed E-state index contributed by atoms with van der Waals surface area (Å²) >= 11 is 0. The van der Waals surface area contributed by atoms with Crippen molar-refractivity contribution in [3.63, 3.8) is 0 Å². The third kappa shape index (κ3) is 52.0. The molecule has 5 heteroatoms. The predicted molar refractivity (Wildman–Crippen MR) is 279 cm³/mol. The van der Waals surface area contributed by atoms with Crippen molar-refractivity contribution in [1.82, 2.24) is 0 Å². The van der Waals surface area contributed by atoms with Gasteiger partial charge in [-0.15, -0.1) is 0 Å². The largest absolute Gasteiger partial charge is 0.462 e. The molecular weight excluding hydrogens is 789 g/mol. The van der Waals surface area contributed by atoms with Crippen LogP contribution in [0.15, 0.2) is 72.9 Å². The van der Waals surface area contributed by atoms with Crippen LogP contribution in [0.3, 0.4) is 0 Å². The number of hydrogen-bond donors (Lipinski definition) is 1. The highest BCUT2D eigenvalue weighted by molar-refractivity contribution is 5.70. The Morgan fingerprint density at radius 3 is 1.02 bits per heavy atom. The van der Waals surface area contributed by atoms with Gasteiger partial charge in [-0.2, -0.15) is 0 Å². The van der Waals surface area contributed by atoms with E-state index in [0.717, 1.165) is 77.0 Å². The third-order valence-corrected chi connectivity index (χ3v) is 12.0. The normalized spacial score (nSPS) is 12.7. The summed E-state index contributed by atoms with van der Waals surface area (Å²) in [5, 5.41) is 9.64. The summed E-state index contributed by atoms with van der Waals surface area (Å²) in [5.41, 5.74) is 0. The minimum atomic E-state index is -0.779. The van der Waals surface area contributed by atoms with E-state index in [1.54, 1.807) is 0 Å². The first-order valence-electron chi connectivity index (χ1n) is 27.5. The lowest BCUT2D eigenvalue weighted by molar-refractivity contribution is -0.161. The van der Waals surface area contributed by atoms with Crippen molar-refractivity contribution < 1.29 is 24.2 Å². The molecule has 0 spiro atoms. The molecule has 370 valence electrons. The van der Waals surface area contributed by atoms with E-state index < -0.39 is 6.10 Å². The summed E-state index contributed by atoms with van der Waals surface area (Å²) in [6.45, 7) is 4.03. The van der Waals surface area contributed by atoms with Gasteiger partial charge in [-0.1, -0.05) is 247 Å². The van der Waals surface area contributed by atoms with E-state index in [-0.39, 0.29) is 25.2 Å². The number of esters is 2. The van der Waals surface area contributed by atoms with Crippen LogP contribution in [0.25, 0.3) is 0 Å². The lowest BCUT2D eigenvalue weighted by atomic mass is 10.0. The highest BCUT2D eigenvalue weighted by Crippen LogP contribution is 2.16. The number of aliphatic hydroxyl groups excluding tert-OH is 1. The van der Waals surface area contributed by atoms with Gasteiger partial charge in [-0.05, 0) is 83.5 Å². The fourth-order valence-corrected chi connectivity index (χ4v) is 7.87. The summed E-state index contributed by atoms with van der Waals surface area (Å²) in [5.74, 6) is -0.593. The van der Waals surface area contributed by atoms with E-state index in [2.05, 4.69) is 86.8 Å². The Morgan fingerprint density at radius 2 is 0.672 bits per heavy atom. The lowest BCUT2D eigenvalue weighted by Gasteiger charge is -2.15. The lowest BCUT2D eigenvalue weighted by Crippen LogP contribution is -2.28. The molecule has 0 aromatic rings. The van der Waals surface area contributed by atoms with Gasteiger partial charge in [0.2, 0.25) is 0 Å². The number of allylic oxidation sites excluding steroid dienone is 12. The second-order valence-corrected chi connectivity index (χ2v) is 18.3. The highest BCUT2D eigenvalue weighted by Gasteiger charge is 2.16. The molecule has 1 N–H and O–H groups in total. The minimum Gasteiger partial charge on any atom is -0.462 e. The molecule has 0 radical (unpaired) electrons. The second kappa shape index (κ2) is 54.7. The van der Waals surface area contributed by atoms with Crippen LogP contribution in [0.5, 0.6) is 0 Å². The zero-order valence-corrected chi connectivity index (χ0v) is 42.3. The molecule has 5 nitrogen and oxygen atoms in total. The predicted octanol–water partition coefficient (Wildman–Crippen LogP) is 18.4. The van der Waals surface area contributed by atoms with Crippen LogP contribution < -0.4 is 0 Å². The number of rotatable bonds is 50. The van der Waals surface area contributed by atoms with E-state index >= 15 is 0 Å². The Morgan fingerprint density at radius 1 is 0.375 bits per heavy atom. The van der Waals surface area contributed by atoms with Gasteiger partial charge in [-0.25, -0.2) is 0 Å². The van der Waals surface area contributed by atoms with Gasteiger partial charge in [0.05, 0.1) is 6.61 Å². The van der Waals surface area contributed by atoms with Gasteiger partial charge in [0.25, 0.3) is 0 Å². The maximum Gasteiger partial charge on any atom is 0.306 e. The van der Waals surface area contributed by atoms with Crippen molar-refractivity contribution in [2.45, 2.75) is 277 Å². The van der Waals surface area contributed by atoms with Crippen LogP contribution in [0.1, 0.15) is 271 Å². The number of carbonyl (C=O) groups excluding carboxylic acids is 2. The third-order valence-electron chi connectivity index (χ3n) is 12.0. The van der Waals surface area contributed by atoms with Crippen molar-refractivity contribution >= 4 is 11.9 Å². The molecule has 0 saturated heterocycles. The number of unbranched alkanes of at least 4 members (excludes halogenated alkanes) is 30. The van der Waals surface area contributed by atoms with Gasteiger partial charge in [0.1, 0.15) is 6.61 Å². The number of aliphatic hydroxyl groups is 1. The summed E-state index contributed by atoms with van der Waals surface area (Å²) in [4.78, 5) is 24.5. The molecule has 0 saturated carbocycles. The molecule has 0 aliphatic rings. The molecule has 0 fully saturated rings. The first kappa shape index (κ1) is 61.3. The van der Waals surface area contributed by atoms with Crippen molar-refractivity contribution in [2.24, 2.45) is 0 Å². The van der Waals surface area contributed by atoms with Crippen LogP contribution >= 0.6 is 0 Å². The molecule has 64 heavy (non-hydrogen) atoms. The molecule has 0 rings (SSSR count). The van der Waals surface area contributed by atoms with Gasteiger partial charge in [0, 0.05) is 12.8 Å². The Bertz CT molecular complexity index is 1150. The molecule has 0 aliphatic heterocycles. The quantitative estimate of drug-likeness (QED) is 0.0374. The average Bonchev–Trinajstić information content (AvgIpc) is 3.30. The second-order valence-electron chi connectivity index (χ2n) is 18.3. The topological polar surface area (TPSA) is 72.8 Å². The summed E-state index contributed by atoms with van der Waals surface area (Å²) < 4.78 is 10.7. The summed E-state index contributed by atoms with van der Waals surface area (Å²) in [7, 11) is 0. The fourth-order valence-electron chi connectivity index (χ4n) is 7.87. The first-order valence-corrected chi connectivity index (χ1v) is 27.5. The standard InChI is InChI=1S/C59H104O5/c1-3-5-7-9-11-13-15-17-19-21-23-25-26-27-28-29-30-31-32-34-35-37-39-41-43-45-47-49-51-53-58(61)63-56-57(55-60)64-59(62)54-52-50-48-46-44-42-40-38-36-33-24-22-20-18-16-14-12-10-8-6-4-2/h6,8,12,14-15,17-18,20-21,23-24,33,57,60H,3-5,7,9-11,13,16,19,22,25-32,34-56H2,1-2H3/b8-6-,14-12-,17-15-,20-18-,23-21-,33-24-. The molecule has 0 aromatic carbocycles. The van der Waals surface area contributed by atoms with Gasteiger partial charge >= 0.3 is 11.9 Å². The van der Waals surface area contributed by atoms with Gasteiger partial charge in [0.15, 0.2) is 6.10 Å². The van der Waals surface area contributed by atoms with Crippen LogP contribution in [0.4, 0.5) is 0 Å². The van der Waals surface area contributed by atoms with E-state index in [1.165, 1.54) is 167 Å². The Kier molecular flexibility index (Phi) is 52.4. The molecule has 0 aliphatic carbocycles. The van der Waals surface area contributed by atoms with Crippen LogP contribution in [0, 0.1) is 0 Å². The van der Waals surface area contributed by atoms with Crippen LogP contribution in [-0.2, 0) is 19.1 Å². The number of hydrogen-bond acceptors (Lipinski definition) is 5. The maximum atomic E-state index is 12.3. The van der Waals surface area contributed by atoms with Crippen LogP contribution in [0.2, 0.25) is 0 Å². The van der Waals surface area contributed by atoms with E-state index in [1.807, 2.05) is 0 Å². The summed E-state index contributed by atoms with van der Waals surface area (Å²) in [6.07, 6.45) is 74.4. The van der Waals surface area contributed by atoms with E-state index in [0.29, 0.717) is 12.8 Å².